The Morgan fingerprint density at radius 3 is 2.72 bits per heavy atom. The van der Waals surface area contributed by atoms with E-state index in [2.05, 4.69) is 10.3 Å². The Hall–Kier alpha value is -2.35. The number of amides is 2. The van der Waals surface area contributed by atoms with E-state index in [9.17, 15) is 9.59 Å². The van der Waals surface area contributed by atoms with Crippen LogP contribution in [-0.4, -0.2) is 34.8 Å². The van der Waals surface area contributed by atoms with Crippen molar-refractivity contribution >= 4 is 51.5 Å². The van der Waals surface area contributed by atoms with Crippen molar-refractivity contribution in [3.8, 4) is 11.3 Å². The van der Waals surface area contributed by atoms with Gasteiger partial charge in [-0.2, -0.15) is 0 Å². The Bertz CT molecular complexity index is 1030. The fraction of sp³-hybridized carbons (Fsp3) is 0.250. The van der Waals surface area contributed by atoms with E-state index in [0.29, 0.717) is 52.6 Å². The van der Waals surface area contributed by atoms with Gasteiger partial charge in [0, 0.05) is 35.0 Å². The number of likely N-dealkylation sites (tertiary alicyclic amines) is 1. The first kappa shape index (κ1) is 19.9. The minimum absolute atomic E-state index is 0.0896. The summed E-state index contributed by atoms with van der Waals surface area (Å²) < 4.78 is 5.16. The second-order valence-electron chi connectivity index (χ2n) is 6.70. The highest BCUT2D eigenvalue weighted by molar-refractivity contribution is 7.14. The number of nitrogens with zero attached hydrogens (tertiary/aromatic N) is 2. The maximum Gasteiger partial charge on any atom is 0.289 e. The van der Waals surface area contributed by atoms with Crippen LogP contribution in [0.3, 0.4) is 0 Å². The zero-order valence-electron chi connectivity index (χ0n) is 15.2. The molecule has 0 radical (unpaired) electrons. The van der Waals surface area contributed by atoms with Crippen molar-refractivity contribution in [3.05, 3.63) is 57.8 Å². The van der Waals surface area contributed by atoms with Crippen molar-refractivity contribution in [1.82, 2.24) is 9.88 Å². The van der Waals surface area contributed by atoms with Crippen LogP contribution in [-0.2, 0) is 4.79 Å². The molecule has 2 aromatic heterocycles. The Morgan fingerprint density at radius 1 is 1.21 bits per heavy atom. The number of nitrogens with one attached hydrogen (secondary N) is 1. The van der Waals surface area contributed by atoms with Crippen molar-refractivity contribution in [3.63, 3.8) is 0 Å². The lowest BCUT2D eigenvalue weighted by Crippen LogP contribution is -2.41. The first-order chi connectivity index (χ1) is 14.0. The van der Waals surface area contributed by atoms with E-state index < -0.39 is 0 Å². The number of carbonyl (C=O) groups is 2. The Morgan fingerprint density at radius 2 is 2.00 bits per heavy atom. The number of carbonyl (C=O) groups excluding carboxylic acids is 2. The van der Waals surface area contributed by atoms with Crippen LogP contribution in [0.2, 0.25) is 10.0 Å². The quantitative estimate of drug-likeness (QED) is 0.593. The maximum absolute atomic E-state index is 12.6. The summed E-state index contributed by atoms with van der Waals surface area (Å²) in [7, 11) is 0. The van der Waals surface area contributed by atoms with Crippen LogP contribution in [0.25, 0.3) is 11.3 Å². The van der Waals surface area contributed by atoms with Crippen LogP contribution in [0.1, 0.15) is 23.4 Å². The Labute approximate surface area is 181 Å². The zero-order chi connectivity index (χ0) is 20.4. The molecule has 150 valence electrons. The van der Waals surface area contributed by atoms with Crippen LogP contribution in [0.4, 0.5) is 5.13 Å². The number of furan rings is 1. The SMILES string of the molecule is O=C(Nc1nc(-c2cc(Cl)ccc2Cl)cs1)C1CCN(C(=O)c2ccco2)CC1. The summed E-state index contributed by atoms with van der Waals surface area (Å²) in [4.78, 5) is 31.1. The van der Waals surface area contributed by atoms with Crippen molar-refractivity contribution in [2.75, 3.05) is 18.4 Å². The average molecular weight is 450 g/mol. The molecule has 1 N–H and O–H groups in total. The molecule has 3 aromatic rings. The molecule has 1 fully saturated rings. The number of piperidine rings is 1. The van der Waals surface area contributed by atoms with Gasteiger partial charge in [0.1, 0.15) is 0 Å². The van der Waals surface area contributed by atoms with Crippen LogP contribution in [0.15, 0.2) is 46.4 Å². The lowest BCUT2D eigenvalue weighted by Gasteiger charge is -2.30. The second kappa shape index (κ2) is 8.57. The normalized spacial score (nSPS) is 14.8. The maximum atomic E-state index is 12.6. The van der Waals surface area contributed by atoms with E-state index in [1.165, 1.54) is 17.6 Å². The molecule has 9 heteroatoms. The summed E-state index contributed by atoms with van der Waals surface area (Å²) in [6.07, 6.45) is 2.67. The van der Waals surface area contributed by atoms with Gasteiger partial charge in [-0.05, 0) is 43.2 Å². The van der Waals surface area contributed by atoms with Gasteiger partial charge in [-0.1, -0.05) is 23.2 Å². The topological polar surface area (TPSA) is 75.4 Å². The molecule has 0 atom stereocenters. The van der Waals surface area contributed by atoms with Gasteiger partial charge >= 0.3 is 0 Å². The molecular formula is C20H17Cl2N3O3S. The van der Waals surface area contributed by atoms with E-state index in [1.807, 2.05) is 5.38 Å². The van der Waals surface area contributed by atoms with Gasteiger partial charge in [-0.3, -0.25) is 9.59 Å². The summed E-state index contributed by atoms with van der Waals surface area (Å²) in [5.41, 5.74) is 1.39. The third-order valence-corrected chi connectivity index (χ3v) is 6.15. The van der Waals surface area contributed by atoms with Crippen LogP contribution < -0.4 is 5.32 Å². The smallest absolute Gasteiger partial charge is 0.289 e. The molecule has 1 saturated heterocycles. The molecule has 0 aliphatic carbocycles. The largest absolute Gasteiger partial charge is 0.459 e. The lowest BCUT2D eigenvalue weighted by atomic mass is 9.96. The van der Waals surface area contributed by atoms with E-state index in [4.69, 9.17) is 27.6 Å². The van der Waals surface area contributed by atoms with Crippen molar-refractivity contribution in [2.24, 2.45) is 5.92 Å². The molecule has 4 rings (SSSR count). The molecule has 1 aliphatic heterocycles. The van der Waals surface area contributed by atoms with Crippen molar-refractivity contribution < 1.29 is 14.0 Å². The molecule has 29 heavy (non-hydrogen) atoms. The number of thiazole rings is 1. The highest BCUT2D eigenvalue weighted by atomic mass is 35.5. The summed E-state index contributed by atoms with van der Waals surface area (Å²) in [6, 6.07) is 8.51. The number of hydrogen-bond donors (Lipinski definition) is 1. The molecule has 1 aliphatic rings. The predicted molar refractivity (Wildman–Crippen MR) is 114 cm³/mol. The van der Waals surface area contributed by atoms with Gasteiger partial charge < -0.3 is 14.6 Å². The number of benzene rings is 1. The van der Waals surface area contributed by atoms with E-state index in [-0.39, 0.29) is 17.7 Å². The molecular weight excluding hydrogens is 433 g/mol. The Kier molecular flexibility index (Phi) is 5.89. The fourth-order valence-corrected chi connectivity index (χ4v) is 4.36. The molecule has 6 nitrogen and oxygen atoms in total. The van der Waals surface area contributed by atoms with E-state index in [0.717, 1.165) is 5.56 Å². The average Bonchev–Trinajstić information content (AvgIpc) is 3.42. The minimum atomic E-state index is -0.169. The predicted octanol–water partition coefficient (Wildman–Crippen LogP) is 5.20. The van der Waals surface area contributed by atoms with Crippen molar-refractivity contribution in [2.45, 2.75) is 12.8 Å². The van der Waals surface area contributed by atoms with Crippen LogP contribution in [0, 0.1) is 5.92 Å². The lowest BCUT2D eigenvalue weighted by molar-refractivity contribution is -0.121. The first-order valence-electron chi connectivity index (χ1n) is 9.06. The standard InChI is InChI=1S/C20H17Cl2N3O3S/c21-13-3-4-15(22)14(10-13)16-11-29-20(23-16)24-18(26)12-5-7-25(8-6-12)19(27)17-2-1-9-28-17/h1-4,9-12H,5-8H2,(H,23,24,26). The number of halogens is 2. The van der Waals surface area contributed by atoms with Gasteiger partial charge in [0.05, 0.1) is 17.0 Å². The van der Waals surface area contributed by atoms with E-state index in [1.54, 1.807) is 35.2 Å². The summed E-state index contributed by atoms with van der Waals surface area (Å²) in [5, 5.41) is 6.33. The van der Waals surface area contributed by atoms with E-state index >= 15 is 0 Å². The van der Waals surface area contributed by atoms with Gasteiger partial charge in [-0.25, -0.2) is 4.98 Å². The number of aromatic nitrogens is 1. The van der Waals surface area contributed by atoms with Crippen molar-refractivity contribution in [1.29, 1.82) is 0 Å². The summed E-state index contributed by atoms with van der Waals surface area (Å²) >= 11 is 13.6. The van der Waals surface area contributed by atoms with Crippen LogP contribution >= 0.6 is 34.5 Å². The van der Waals surface area contributed by atoms with Gasteiger partial charge in [-0.15, -0.1) is 11.3 Å². The molecule has 0 unspecified atom stereocenters. The minimum Gasteiger partial charge on any atom is -0.459 e. The Balaban J connectivity index is 1.35. The summed E-state index contributed by atoms with van der Waals surface area (Å²) in [5.74, 6) is -0.0781. The summed E-state index contributed by atoms with van der Waals surface area (Å²) in [6.45, 7) is 1.03. The second-order valence-corrected chi connectivity index (χ2v) is 8.40. The number of hydrogen-bond acceptors (Lipinski definition) is 5. The highest BCUT2D eigenvalue weighted by Crippen LogP contribution is 2.33. The fourth-order valence-electron chi connectivity index (χ4n) is 3.26. The molecule has 2 amide bonds. The molecule has 0 bridgehead atoms. The highest BCUT2D eigenvalue weighted by Gasteiger charge is 2.29. The molecule has 1 aromatic carbocycles. The molecule has 0 saturated carbocycles. The van der Waals surface area contributed by atoms with Crippen LogP contribution in [0.5, 0.6) is 0 Å². The monoisotopic (exact) mass is 449 g/mol. The van der Waals surface area contributed by atoms with Gasteiger partial charge in [0.2, 0.25) is 5.91 Å². The third-order valence-electron chi connectivity index (χ3n) is 4.82. The molecule has 0 spiro atoms. The van der Waals surface area contributed by atoms with Gasteiger partial charge in [0.25, 0.3) is 5.91 Å². The number of rotatable bonds is 4. The number of anilines is 1. The first-order valence-corrected chi connectivity index (χ1v) is 10.7. The molecule has 3 heterocycles. The zero-order valence-corrected chi connectivity index (χ0v) is 17.6. The third kappa shape index (κ3) is 4.47. The van der Waals surface area contributed by atoms with Gasteiger partial charge in [0.15, 0.2) is 10.9 Å².